The molecule has 0 aliphatic rings. The highest BCUT2D eigenvalue weighted by Gasteiger charge is 2.16. The highest BCUT2D eigenvalue weighted by Crippen LogP contribution is 2.36. The summed E-state index contributed by atoms with van der Waals surface area (Å²) < 4.78 is 33.6. The van der Waals surface area contributed by atoms with E-state index in [1.165, 1.54) is 24.3 Å². The molecule has 0 aliphatic heterocycles. The third kappa shape index (κ3) is 5.81. The van der Waals surface area contributed by atoms with Crippen molar-refractivity contribution >= 4 is 35.0 Å². The maximum Gasteiger partial charge on any atom is 0.142 e. The second-order valence-corrected chi connectivity index (χ2v) is 7.68. The van der Waals surface area contributed by atoms with Crippen LogP contribution in [0.15, 0.2) is 42.6 Å². The van der Waals surface area contributed by atoms with Crippen LogP contribution in [-0.2, 0) is 5.75 Å². The third-order valence-electron chi connectivity index (χ3n) is 4.11. The summed E-state index contributed by atoms with van der Waals surface area (Å²) in [5.41, 5.74) is 7.39. The van der Waals surface area contributed by atoms with Gasteiger partial charge in [0, 0.05) is 22.9 Å². The molecule has 0 amide bonds. The smallest absolute Gasteiger partial charge is 0.142 e. The molecule has 158 valence electrons. The first-order valence-corrected chi connectivity index (χ1v) is 11.0. The minimum Gasteiger partial charge on any atom is -0.493 e. The van der Waals surface area contributed by atoms with Gasteiger partial charge in [0.15, 0.2) is 0 Å². The Bertz CT molecular complexity index is 1020. The van der Waals surface area contributed by atoms with E-state index in [-0.39, 0.29) is 5.75 Å². The molecule has 2 aromatic heterocycles. The molecule has 0 unspecified atom stereocenters. The number of anilines is 2. The zero-order valence-electron chi connectivity index (χ0n) is 16.3. The van der Waals surface area contributed by atoms with Gasteiger partial charge in [0.1, 0.15) is 34.2 Å². The van der Waals surface area contributed by atoms with Gasteiger partial charge < -0.3 is 15.8 Å². The van der Waals surface area contributed by atoms with Gasteiger partial charge in [-0.25, -0.2) is 18.7 Å². The fourth-order valence-corrected chi connectivity index (χ4v) is 3.56. The van der Waals surface area contributed by atoms with Crippen molar-refractivity contribution in [1.82, 2.24) is 9.97 Å². The van der Waals surface area contributed by atoms with E-state index in [1.807, 2.05) is 12.3 Å². The van der Waals surface area contributed by atoms with Crippen LogP contribution in [0.25, 0.3) is 11.1 Å². The zero-order valence-corrected chi connectivity index (χ0v) is 17.9. The molecule has 0 saturated carbocycles. The Hall–Kier alpha value is -2.42. The number of benzene rings is 1. The van der Waals surface area contributed by atoms with Crippen molar-refractivity contribution in [3.63, 3.8) is 0 Å². The Morgan fingerprint density at radius 2 is 1.97 bits per heavy atom. The number of nitrogens with one attached hydrogen (secondary N) is 1. The molecule has 3 rings (SSSR count). The van der Waals surface area contributed by atoms with Crippen LogP contribution >= 0.6 is 23.4 Å². The quantitative estimate of drug-likeness (QED) is 0.335. The summed E-state index contributed by atoms with van der Waals surface area (Å²) in [7, 11) is 0. The second-order valence-electron chi connectivity index (χ2n) is 6.42. The predicted molar refractivity (Wildman–Crippen MR) is 119 cm³/mol. The van der Waals surface area contributed by atoms with Crippen molar-refractivity contribution in [3.8, 4) is 16.9 Å². The molecule has 1 aromatic carbocycles. The van der Waals surface area contributed by atoms with Gasteiger partial charge in [-0.15, -0.1) is 0 Å². The molecule has 2 heterocycles. The molecule has 0 atom stereocenters. The lowest BCUT2D eigenvalue weighted by atomic mass is 10.0. The minimum atomic E-state index is -0.532. The average Bonchev–Trinajstić information content (AvgIpc) is 2.70. The van der Waals surface area contributed by atoms with E-state index in [2.05, 4.69) is 15.3 Å². The molecule has 0 saturated heterocycles. The van der Waals surface area contributed by atoms with Crippen LogP contribution in [0, 0.1) is 11.6 Å². The fourth-order valence-electron chi connectivity index (χ4n) is 2.83. The lowest BCUT2D eigenvalue weighted by molar-refractivity contribution is 0.313. The molecular formula is C21H21ClF2N4OS. The van der Waals surface area contributed by atoms with E-state index >= 15 is 0 Å². The summed E-state index contributed by atoms with van der Waals surface area (Å²) in [6, 6.07) is 9.01. The summed E-state index contributed by atoms with van der Waals surface area (Å²) in [6.45, 7) is 0.754. The van der Waals surface area contributed by atoms with Gasteiger partial charge in [-0.05, 0) is 55.1 Å². The van der Waals surface area contributed by atoms with Gasteiger partial charge in [-0.2, -0.15) is 11.8 Å². The second kappa shape index (κ2) is 10.6. The number of hydrogen-bond donors (Lipinski definition) is 2. The van der Waals surface area contributed by atoms with Gasteiger partial charge in [0.2, 0.25) is 0 Å². The maximum absolute atomic E-state index is 14.1. The Morgan fingerprint density at radius 3 is 2.73 bits per heavy atom. The van der Waals surface area contributed by atoms with Crippen LogP contribution in [-0.4, -0.2) is 29.4 Å². The molecule has 0 aliphatic carbocycles. The van der Waals surface area contributed by atoms with E-state index in [9.17, 15) is 8.78 Å². The van der Waals surface area contributed by atoms with Crippen LogP contribution in [0.5, 0.6) is 5.75 Å². The van der Waals surface area contributed by atoms with Gasteiger partial charge in [0.25, 0.3) is 0 Å². The third-order valence-corrected chi connectivity index (χ3v) is 4.92. The van der Waals surface area contributed by atoms with Crippen molar-refractivity contribution in [2.75, 3.05) is 24.7 Å². The molecule has 0 fully saturated rings. The summed E-state index contributed by atoms with van der Waals surface area (Å²) in [4.78, 5) is 8.44. The number of hydrogen-bond acceptors (Lipinski definition) is 6. The summed E-state index contributed by atoms with van der Waals surface area (Å²) in [5.74, 6) is 0.864. The summed E-state index contributed by atoms with van der Waals surface area (Å²) in [6.07, 6.45) is 3.69. The van der Waals surface area contributed by atoms with Crippen LogP contribution in [0.3, 0.4) is 0 Å². The predicted octanol–water partition coefficient (Wildman–Crippen LogP) is 5.41. The monoisotopic (exact) mass is 450 g/mol. The summed E-state index contributed by atoms with van der Waals surface area (Å²) in [5, 5.41) is 3.43. The zero-order chi connectivity index (χ0) is 21.5. The molecule has 0 spiro atoms. The number of nitrogens with two attached hydrogens (primary N) is 1. The average molecular weight is 451 g/mol. The van der Waals surface area contributed by atoms with E-state index in [0.717, 1.165) is 17.5 Å². The fraction of sp³-hybridized carbons (Fsp3) is 0.238. The van der Waals surface area contributed by atoms with Crippen molar-refractivity contribution < 1.29 is 13.5 Å². The van der Waals surface area contributed by atoms with Crippen LogP contribution in [0.2, 0.25) is 5.15 Å². The molecular weight excluding hydrogens is 430 g/mol. The van der Waals surface area contributed by atoms with Crippen molar-refractivity contribution in [2.24, 2.45) is 5.73 Å². The van der Waals surface area contributed by atoms with Crippen molar-refractivity contribution in [3.05, 3.63) is 64.9 Å². The van der Waals surface area contributed by atoms with E-state index in [0.29, 0.717) is 47.5 Å². The van der Waals surface area contributed by atoms with E-state index < -0.39 is 11.6 Å². The largest absolute Gasteiger partial charge is 0.493 e. The first-order valence-electron chi connectivity index (χ1n) is 9.21. The lowest BCUT2D eigenvalue weighted by Gasteiger charge is -2.15. The molecule has 0 bridgehead atoms. The van der Waals surface area contributed by atoms with Crippen LogP contribution in [0.4, 0.5) is 20.4 Å². The number of rotatable bonds is 9. The number of ether oxygens (including phenoxy) is 1. The molecule has 0 radical (unpaired) electrons. The normalized spacial score (nSPS) is 10.8. The number of pyridine rings is 2. The highest BCUT2D eigenvalue weighted by molar-refractivity contribution is 7.97. The number of nitrogens with zero attached hydrogens (tertiary/aromatic N) is 2. The molecule has 3 aromatic rings. The highest BCUT2D eigenvalue weighted by atomic mass is 35.5. The molecule has 30 heavy (non-hydrogen) atoms. The van der Waals surface area contributed by atoms with Crippen LogP contribution < -0.4 is 15.8 Å². The minimum absolute atomic E-state index is 0.279. The number of aromatic nitrogens is 2. The van der Waals surface area contributed by atoms with Crippen LogP contribution in [0.1, 0.15) is 12.0 Å². The number of halogens is 3. The van der Waals surface area contributed by atoms with Crippen molar-refractivity contribution in [2.45, 2.75) is 12.2 Å². The Balaban J connectivity index is 2.01. The van der Waals surface area contributed by atoms with Gasteiger partial charge in [0.05, 0.1) is 12.8 Å². The topological polar surface area (TPSA) is 73.1 Å². The standard InChI is InChI=1S/C21H21ClF2N4OS/c1-30-12-13-7-19(22)27-20(8-13)28-21-17(9-15(24)11-26-21)16-4-3-14(23)10-18(16)29-6-2-5-25/h3-4,7-11H,2,5-6,12,25H2,1H3,(H,26,27,28). The molecule has 3 N–H and O–H groups in total. The Kier molecular flexibility index (Phi) is 7.84. The van der Waals surface area contributed by atoms with E-state index in [4.69, 9.17) is 22.1 Å². The Labute approximate surface area is 183 Å². The maximum atomic E-state index is 14.1. The summed E-state index contributed by atoms with van der Waals surface area (Å²) >= 11 is 7.79. The van der Waals surface area contributed by atoms with E-state index in [1.54, 1.807) is 17.8 Å². The van der Waals surface area contributed by atoms with Gasteiger partial charge in [-0.1, -0.05) is 11.6 Å². The first kappa shape index (κ1) is 22.3. The molecule has 5 nitrogen and oxygen atoms in total. The lowest BCUT2D eigenvalue weighted by Crippen LogP contribution is -2.07. The Morgan fingerprint density at radius 1 is 1.13 bits per heavy atom. The first-order chi connectivity index (χ1) is 14.5. The molecule has 9 heteroatoms. The van der Waals surface area contributed by atoms with Crippen molar-refractivity contribution in [1.29, 1.82) is 0 Å². The van der Waals surface area contributed by atoms with Gasteiger partial charge >= 0.3 is 0 Å². The number of thioether (sulfide) groups is 1. The van der Waals surface area contributed by atoms with Gasteiger partial charge in [-0.3, -0.25) is 0 Å². The SMILES string of the molecule is CSCc1cc(Cl)nc(Nc2ncc(F)cc2-c2ccc(F)cc2OCCCN)c1.